The van der Waals surface area contributed by atoms with Crippen molar-refractivity contribution in [3.05, 3.63) is 48.1 Å². The van der Waals surface area contributed by atoms with Crippen molar-refractivity contribution < 1.29 is 14.6 Å². The largest absolute Gasteiger partial charge is 0.507 e. The van der Waals surface area contributed by atoms with Crippen molar-refractivity contribution in [3.8, 4) is 5.75 Å². The van der Waals surface area contributed by atoms with Crippen molar-refractivity contribution in [1.29, 1.82) is 0 Å². The summed E-state index contributed by atoms with van der Waals surface area (Å²) in [6.07, 6.45) is 6.43. The van der Waals surface area contributed by atoms with Crippen molar-refractivity contribution in [2.45, 2.75) is 32.4 Å². The second-order valence-corrected chi connectivity index (χ2v) is 12.7. The van der Waals surface area contributed by atoms with Gasteiger partial charge in [-0.15, -0.1) is 0 Å². The SMILES string of the molecule is C[Si](C)(C)CCOCn1ccnc1/C=C/C(=O)c1cc(N)ccc1O. The molecule has 0 aliphatic rings. The molecular weight excluding hydrogens is 334 g/mol. The zero-order valence-electron chi connectivity index (χ0n) is 14.9. The van der Waals surface area contributed by atoms with Crippen LogP contribution in [0.5, 0.6) is 5.75 Å². The lowest BCUT2D eigenvalue weighted by Gasteiger charge is -2.15. The number of hydrogen-bond donors (Lipinski definition) is 2. The summed E-state index contributed by atoms with van der Waals surface area (Å²) in [7, 11) is -1.11. The van der Waals surface area contributed by atoms with E-state index in [0.29, 0.717) is 24.8 Å². The molecule has 0 fully saturated rings. The Kier molecular flexibility index (Phi) is 6.16. The minimum Gasteiger partial charge on any atom is -0.507 e. The summed E-state index contributed by atoms with van der Waals surface area (Å²) in [5.41, 5.74) is 6.25. The number of rotatable bonds is 8. The number of nitrogen functional groups attached to an aromatic ring is 1. The standard InChI is InChI=1S/C18H25N3O3Si/c1-25(2,3)11-10-24-13-21-9-8-20-18(21)7-6-17(23)15-12-14(19)4-5-16(15)22/h4-9,12,22H,10-11,13,19H2,1-3H3/b7-6+. The minimum absolute atomic E-state index is 0.0955. The number of hydrogen-bond acceptors (Lipinski definition) is 5. The first-order valence-electron chi connectivity index (χ1n) is 8.16. The van der Waals surface area contributed by atoms with Crippen LogP contribution in [0.1, 0.15) is 16.2 Å². The smallest absolute Gasteiger partial charge is 0.189 e. The van der Waals surface area contributed by atoms with Crippen LogP contribution >= 0.6 is 0 Å². The van der Waals surface area contributed by atoms with Gasteiger partial charge in [0.1, 0.15) is 18.3 Å². The number of nitrogens with two attached hydrogens (primary N) is 1. The molecule has 7 heteroatoms. The van der Waals surface area contributed by atoms with E-state index in [1.165, 1.54) is 18.2 Å². The number of ketones is 1. The normalized spacial score (nSPS) is 12.0. The van der Waals surface area contributed by atoms with E-state index in [1.807, 2.05) is 4.57 Å². The maximum atomic E-state index is 12.2. The third-order valence-electron chi connectivity index (χ3n) is 3.64. The highest BCUT2D eigenvalue weighted by Gasteiger charge is 2.12. The Morgan fingerprint density at radius 2 is 2.16 bits per heavy atom. The molecule has 2 aromatic rings. The third-order valence-corrected chi connectivity index (χ3v) is 5.35. The molecule has 0 unspecified atom stereocenters. The fraction of sp³-hybridized carbons (Fsp3) is 0.333. The number of phenols is 1. The fourth-order valence-electron chi connectivity index (χ4n) is 2.12. The van der Waals surface area contributed by atoms with Gasteiger partial charge < -0.3 is 20.1 Å². The van der Waals surface area contributed by atoms with Crippen molar-refractivity contribution >= 4 is 25.6 Å². The molecule has 3 N–H and O–H groups in total. The number of imidazole rings is 1. The molecule has 1 aromatic carbocycles. The first kappa shape index (κ1) is 18.9. The van der Waals surface area contributed by atoms with Crippen LogP contribution in [0.4, 0.5) is 5.69 Å². The molecule has 0 atom stereocenters. The summed E-state index contributed by atoms with van der Waals surface area (Å²) < 4.78 is 7.53. The lowest BCUT2D eigenvalue weighted by atomic mass is 10.1. The Labute approximate surface area is 149 Å². The Morgan fingerprint density at radius 3 is 2.88 bits per heavy atom. The van der Waals surface area contributed by atoms with Crippen molar-refractivity contribution in [2.75, 3.05) is 12.3 Å². The number of anilines is 1. The van der Waals surface area contributed by atoms with E-state index in [-0.39, 0.29) is 17.1 Å². The van der Waals surface area contributed by atoms with E-state index >= 15 is 0 Å². The summed E-state index contributed by atoms with van der Waals surface area (Å²) in [6.45, 7) is 8.02. The van der Waals surface area contributed by atoms with Gasteiger partial charge in [0.15, 0.2) is 5.78 Å². The van der Waals surface area contributed by atoms with E-state index in [9.17, 15) is 9.90 Å². The molecule has 6 nitrogen and oxygen atoms in total. The van der Waals surface area contributed by atoms with Gasteiger partial charge in [0.2, 0.25) is 0 Å². The van der Waals surface area contributed by atoms with Crippen LogP contribution in [-0.2, 0) is 11.5 Å². The molecule has 0 bridgehead atoms. The maximum absolute atomic E-state index is 12.2. The molecule has 134 valence electrons. The van der Waals surface area contributed by atoms with E-state index in [4.69, 9.17) is 10.5 Å². The average molecular weight is 360 g/mol. The summed E-state index contributed by atoms with van der Waals surface area (Å²) in [5, 5.41) is 9.78. The van der Waals surface area contributed by atoms with Crippen molar-refractivity contribution in [3.63, 3.8) is 0 Å². The van der Waals surface area contributed by atoms with Crippen LogP contribution in [-0.4, -0.2) is 35.1 Å². The van der Waals surface area contributed by atoms with Gasteiger partial charge in [-0.2, -0.15) is 0 Å². The second-order valence-electron chi connectivity index (χ2n) is 7.08. The molecule has 25 heavy (non-hydrogen) atoms. The molecule has 1 heterocycles. The molecule has 1 aromatic heterocycles. The predicted molar refractivity (Wildman–Crippen MR) is 102 cm³/mol. The molecule has 0 radical (unpaired) electrons. The topological polar surface area (TPSA) is 90.4 Å². The maximum Gasteiger partial charge on any atom is 0.189 e. The van der Waals surface area contributed by atoms with Crippen molar-refractivity contribution in [1.82, 2.24) is 9.55 Å². The molecule has 0 aliphatic heterocycles. The first-order valence-corrected chi connectivity index (χ1v) is 11.9. The van der Waals surface area contributed by atoms with Gasteiger partial charge in [-0.3, -0.25) is 4.79 Å². The number of aromatic nitrogens is 2. The summed E-state index contributed by atoms with van der Waals surface area (Å²) in [4.78, 5) is 16.4. The quantitative estimate of drug-likeness (QED) is 0.188. The zero-order chi connectivity index (χ0) is 18.4. The number of aromatic hydroxyl groups is 1. The van der Waals surface area contributed by atoms with Crippen LogP contribution in [0.3, 0.4) is 0 Å². The fourth-order valence-corrected chi connectivity index (χ4v) is 2.88. The van der Waals surface area contributed by atoms with E-state index in [1.54, 1.807) is 24.5 Å². The minimum atomic E-state index is -1.11. The monoisotopic (exact) mass is 359 g/mol. The molecule has 0 aliphatic carbocycles. The number of nitrogens with zero attached hydrogens (tertiary/aromatic N) is 2. The lowest BCUT2D eigenvalue weighted by Crippen LogP contribution is -2.22. The zero-order valence-corrected chi connectivity index (χ0v) is 15.9. The number of phenolic OH excluding ortho intramolecular Hbond substituents is 1. The molecular formula is C18H25N3O3Si. The van der Waals surface area contributed by atoms with Crippen LogP contribution < -0.4 is 5.73 Å². The number of carbonyl (C=O) groups is 1. The van der Waals surface area contributed by atoms with Crippen LogP contribution in [0.2, 0.25) is 25.7 Å². The van der Waals surface area contributed by atoms with E-state index < -0.39 is 8.07 Å². The van der Waals surface area contributed by atoms with E-state index in [0.717, 1.165) is 6.04 Å². The van der Waals surface area contributed by atoms with Gasteiger partial charge in [0, 0.05) is 32.8 Å². The Bertz CT molecular complexity index is 763. The van der Waals surface area contributed by atoms with Gasteiger partial charge in [-0.1, -0.05) is 19.6 Å². The Hall–Kier alpha value is -2.38. The van der Waals surface area contributed by atoms with Gasteiger partial charge in [-0.05, 0) is 36.4 Å². The number of allylic oxidation sites excluding steroid dienone is 1. The molecule has 0 saturated carbocycles. The molecule has 2 rings (SSSR count). The van der Waals surface area contributed by atoms with Crippen LogP contribution in [0.25, 0.3) is 6.08 Å². The van der Waals surface area contributed by atoms with Gasteiger partial charge in [0.25, 0.3) is 0 Å². The predicted octanol–water partition coefficient (Wildman–Crippen LogP) is 3.38. The van der Waals surface area contributed by atoms with Crippen LogP contribution in [0.15, 0.2) is 36.7 Å². The number of ether oxygens (including phenoxy) is 1. The number of benzene rings is 1. The van der Waals surface area contributed by atoms with Crippen LogP contribution in [0, 0.1) is 0 Å². The summed E-state index contributed by atoms with van der Waals surface area (Å²) >= 11 is 0. The van der Waals surface area contributed by atoms with Gasteiger partial charge in [-0.25, -0.2) is 4.98 Å². The van der Waals surface area contributed by atoms with Gasteiger partial charge in [0.05, 0.1) is 5.56 Å². The highest BCUT2D eigenvalue weighted by atomic mass is 28.3. The molecule has 0 saturated heterocycles. The average Bonchev–Trinajstić information content (AvgIpc) is 2.98. The molecule has 0 amide bonds. The summed E-state index contributed by atoms with van der Waals surface area (Å²) in [6, 6.07) is 5.50. The first-order chi connectivity index (χ1) is 11.8. The van der Waals surface area contributed by atoms with Crippen molar-refractivity contribution in [2.24, 2.45) is 0 Å². The third kappa shape index (κ3) is 5.88. The Balaban J connectivity index is 1.99. The summed E-state index contributed by atoms with van der Waals surface area (Å²) in [5.74, 6) is 0.186. The Morgan fingerprint density at radius 1 is 1.40 bits per heavy atom. The van der Waals surface area contributed by atoms with E-state index in [2.05, 4.69) is 24.6 Å². The molecule has 0 spiro atoms. The highest BCUT2D eigenvalue weighted by molar-refractivity contribution is 6.76. The highest BCUT2D eigenvalue weighted by Crippen LogP contribution is 2.20. The van der Waals surface area contributed by atoms with Gasteiger partial charge >= 0.3 is 0 Å². The second kappa shape index (κ2) is 8.13. The number of carbonyl (C=O) groups excluding carboxylic acids is 1. The lowest BCUT2D eigenvalue weighted by molar-refractivity contribution is 0.0867.